The van der Waals surface area contributed by atoms with Gasteiger partial charge in [-0.25, -0.2) is 13.4 Å². The average molecular weight is 473 g/mol. The number of phenols is 1. The molecule has 1 aromatic heterocycles. The molecule has 8 nitrogen and oxygen atoms in total. The van der Waals surface area contributed by atoms with Crippen molar-refractivity contribution in [3.05, 3.63) is 59.5 Å². The summed E-state index contributed by atoms with van der Waals surface area (Å²) in [6, 6.07) is 13.6. The standard InChI is InChI=1S/C22H24N4O4S2/c1-15-12-26(13-16(2)30-15)32(28,29)20-8-4-6-18(10-20)21-14-31-22(24-21)25-23-11-17-5-3-7-19(27)9-17/h3-11,14-16,27H,12-13H2,1-2H3,(H,24,25)/b23-11-/t15-,16-/m1/s1. The van der Waals surface area contributed by atoms with Crippen molar-refractivity contribution >= 4 is 32.7 Å². The third-order valence-electron chi connectivity index (χ3n) is 4.90. The number of phenolic OH excluding ortho intramolecular Hbond substituents is 1. The Bertz CT molecular complexity index is 1220. The van der Waals surface area contributed by atoms with Crippen molar-refractivity contribution in [2.75, 3.05) is 18.5 Å². The number of aromatic nitrogens is 1. The first kappa shape index (κ1) is 22.4. The summed E-state index contributed by atoms with van der Waals surface area (Å²) in [5.74, 6) is 0.168. The highest BCUT2D eigenvalue weighted by molar-refractivity contribution is 7.89. The van der Waals surface area contributed by atoms with E-state index in [-0.39, 0.29) is 22.9 Å². The average Bonchev–Trinajstić information content (AvgIpc) is 3.22. The molecule has 2 atom stereocenters. The molecule has 1 aliphatic rings. The number of benzene rings is 2. The van der Waals surface area contributed by atoms with Gasteiger partial charge < -0.3 is 9.84 Å². The van der Waals surface area contributed by atoms with Crippen LogP contribution in [0.2, 0.25) is 0 Å². The highest BCUT2D eigenvalue weighted by Crippen LogP contribution is 2.28. The molecule has 0 amide bonds. The van der Waals surface area contributed by atoms with Gasteiger partial charge in [-0.05, 0) is 43.7 Å². The van der Waals surface area contributed by atoms with Gasteiger partial charge in [-0.2, -0.15) is 9.41 Å². The SMILES string of the molecule is C[C@@H]1CN(S(=O)(=O)c2cccc(-c3csc(N/N=C\c4cccc(O)c4)n3)c2)C[C@@H](C)O1. The zero-order valence-corrected chi connectivity index (χ0v) is 19.3. The van der Waals surface area contributed by atoms with Crippen LogP contribution in [0.5, 0.6) is 5.75 Å². The molecule has 10 heteroatoms. The lowest BCUT2D eigenvalue weighted by molar-refractivity contribution is -0.0440. The molecule has 2 heterocycles. The first-order valence-corrected chi connectivity index (χ1v) is 12.4. The van der Waals surface area contributed by atoms with Crippen molar-refractivity contribution in [1.29, 1.82) is 0 Å². The Morgan fingerprint density at radius 2 is 1.94 bits per heavy atom. The molecule has 0 unspecified atom stereocenters. The van der Waals surface area contributed by atoms with E-state index in [0.29, 0.717) is 29.5 Å². The van der Waals surface area contributed by atoms with E-state index in [9.17, 15) is 13.5 Å². The summed E-state index contributed by atoms with van der Waals surface area (Å²) < 4.78 is 33.5. The summed E-state index contributed by atoms with van der Waals surface area (Å²) in [5, 5.41) is 16.1. The number of hydrogen-bond acceptors (Lipinski definition) is 8. The summed E-state index contributed by atoms with van der Waals surface area (Å²) in [4.78, 5) is 4.74. The number of sulfonamides is 1. The van der Waals surface area contributed by atoms with Crippen molar-refractivity contribution in [3.8, 4) is 17.0 Å². The Morgan fingerprint density at radius 1 is 1.19 bits per heavy atom. The largest absolute Gasteiger partial charge is 0.508 e. The van der Waals surface area contributed by atoms with E-state index in [2.05, 4.69) is 15.5 Å². The molecule has 0 bridgehead atoms. The van der Waals surface area contributed by atoms with E-state index in [1.807, 2.05) is 31.4 Å². The van der Waals surface area contributed by atoms with Crippen LogP contribution >= 0.6 is 11.3 Å². The number of hydrazone groups is 1. The lowest BCUT2D eigenvalue weighted by atomic mass is 10.2. The minimum absolute atomic E-state index is 0.149. The second-order valence-corrected chi connectivity index (χ2v) is 10.4. The molecule has 168 valence electrons. The number of rotatable bonds is 6. The van der Waals surface area contributed by atoms with Gasteiger partial charge in [0.2, 0.25) is 15.2 Å². The van der Waals surface area contributed by atoms with Crippen LogP contribution in [0.4, 0.5) is 5.13 Å². The van der Waals surface area contributed by atoms with E-state index in [0.717, 1.165) is 5.56 Å². The van der Waals surface area contributed by atoms with E-state index in [4.69, 9.17) is 4.74 Å². The maximum atomic E-state index is 13.2. The third kappa shape index (κ3) is 5.16. The quantitative estimate of drug-likeness (QED) is 0.418. The fourth-order valence-electron chi connectivity index (χ4n) is 3.52. The number of nitrogens with one attached hydrogen (secondary N) is 1. The second-order valence-electron chi connectivity index (χ2n) is 7.61. The van der Waals surface area contributed by atoms with Crippen LogP contribution in [0.25, 0.3) is 11.3 Å². The molecular formula is C22H24N4O4S2. The maximum absolute atomic E-state index is 13.2. The number of thiazole rings is 1. The molecule has 0 radical (unpaired) electrons. The first-order valence-electron chi connectivity index (χ1n) is 10.1. The van der Waals surface area contributed by atoms with Crippen molar-refractivity contribution in [3.63, 3.8) is 0 Å². The number of morpholine rings is 1. The molecule has 3 aromatic rings. The summed E-state index contributed by atoms with van der Waals surface area (Å²) in [5.41, 5.74) is 4.98. The van der Waals surface area contributed by atoms with Gasteiger partial charge in [-0.15, -0.1) is 11.3 Å². The zero-order valence-electron chi connectivity index (χ0n) is 17.7. The van der Waals surface area contributed by atoms with Gasteiger partial charge in [-0.1, -0.05) is 24.3 Å². The summed E-state index contributed by atoms with van der Waals surface area (Å²) >= 11 is 1.36. The lowest BCUT2D eigenvalue weighted by Crippen LogP contribution is -2.48. The summed E-state index contributed by atoms with van der Waals surface area (Å²) in [6.45, 7) is 4.42. The van der Waals surface area contributed by atoms with Crippen LogP contribution in [0.1, 0.15) is 19.4 Å². The highest BCUT2D eigenvalue weighted by Gasteiger charge is 2.32. The van der Waals surface area contributed by atoms with Crippen LogP contribution in [0.15, 0.2) is 63.9 Å². The number of anilines is 1. The predicted molar refractivity (Wildman–Crippen MR) is 126 cm³/mol. The van der Waals surface area contributed by atoms with Crippen LogP contribution < -0.4 is 5.43 Å². The van der Waals surface area contributed by atoms with Crippen LogP contribution in [0, 0.1) is 0 Å². The summed E-state index contributed by atoms with van der Waals surface area (Å²) in [7, 11) is -3.63. The second kappa shape index (κ2) is 9.37. The topological polar surface area (TPSA) is 104 Å². The number of aromatic hydroxyl groups is 1. The molecule has 2 aromatic carbocycles. The van der Waals surface area contributed by atoms with Crippen LogP contribution in [0.3, 0.4) is 0 Å². The normalized spacial score (nSPS) is 19.9. The molecule has 1 aliphatic heterocycles. The van der Waals surface area contributed by atoms with Crippen LogP contribution in [-0.4, -0.2) is 54.3 Å². The minimum Gasteiger partial charge on any atom is -0.508 e. The van der Waals surface area contributed by atoms with Gasteiger partial charge in [0.15, 0.2) is 0 Å². The van der Waals surface area contributed by atoms with Crippen molar-refractivity contribution in [2.45, 2.75) is 31.0 Å². The zero-order chi connectivity index (χ0) is 22.7. The fourth-order valence-corrected chi connectivity index (χ4v) is 5.82. The number of nitrogens with zero attached hydrogens (tertiary/aromatic N) is 3. The third-order valence-corrected chi connectivity index (χ3v) is 7.48. The Kier molecular flexibility index (Phi) is 6.56. The molecule has 32 heavy (non-hydrogen) atoms. The molecule has 2 N–H and O–H groups in total. The van der Waals surface area contributed by atoms with Gasteiger partial charge in [-0.3, -0.25) is 5.43 Å². The van der Waals surface area contributed by atoms with Gasteiger partial charge in [0.1, 0.15) is 5.75 Å². The van der Waals surface area contributed by atoms with Gasteiger partial charge in [0.05, 0.1) is 29.0 Å². The molecule has 1 fully saturated rings. The molecule has 0 spiro atoms. The Labute approximate surface area is 191 Å². The molecule has 1 saturated heterocycles. The Balaban J connectivity index is 1.50. The van der Waals surface area contributed by atoms with E-state index >= 15 is 0 Å². The minimum atomic E-state index is -3.63. The van der Waals surface area contributed by atoms with Gasteiger partial charge >= 0.3 is 0 Å². The van der Waals surface area contributed by atoms with E-state index in [1.165, 1.54) is 15.6 Å². The Morgan fingerprint density at radius 3 is 2.69 bits per heavy atom. The highest BCUT2D eigenvalue weighted by atomic mass is 32.2. The predicted octanol–water partition coefficient (Wildman–Crippen LogP) is 3.76. The van der Waals surface area contributed by atoms with Crippen LogP contribution in [-0.2, 0) is 14.8 Å². The van der Waals surface area contributed by atoms with Crippen molar-refractivity contribution in [1.82, 2.24) is 9.29 Å². The molecule has 0 aliphatic carbocycles. The van der Waals surface area contributed by atoms with Crippen molar-refractivity contribution < 1.29 is 18.3 Å². The molecule has 4 rings (SSSR count). The lowest BCUT2D eigenvalue weighted by Gasteiger charge is -2.34. The number of hydrogen-bond donors (Lipinski definition) is 2. The number of ether oxygens (including phenoxy) is 1. The van der Waals surface area contributed by atoms with Gasteiger partial charge in [0, 0.05) is 24.0 Å². The van der Waals surface area contributed by atoms with Crippen molar-refractivity contribution in [2.24, 2.45) is 5.10 Å². The summed E-state index contributed by atoms with van der Waals surface area (Å²) in [6.07, 6.45) is 1.28. The maximum Gasteiger partial charge on any atom is 0.243 e. The fraction of sp³-hybridized carbons (Fsp3) is 0.273. The van der Waals surface area contributed by atoms with Gasteiger partial charge in [0.25, 0.3) is 0 Å². The smallest absolute Gasteiger partial charge is 0.243 e. The molecular weight excluding hydrogens is 448 g/mol. The van der Waals surface area contributed by atoms with E-state index in [1.54, 1.807) is 42.6 Å². The first-order chi connectivity index (χ1) is 15.3. The molecule has 0 saturated carbocycles. The Hall–Kier alpha value is -2.79. The monoisotopic (exact) mass is 472 g/mol. The van der Waals surface area contributed by atoms with E-state index < -0.39 is 10.0 Å².